The molecular weight excluding hydrogens is 434 g/mol. The zero-order chi connectivity index (χ0) is 22.6. The van der Waals surface area contributed by atoms with Gasteiger partial charge in [0.15, 0.2) is 0 Å². The summed E-state index contributed by atoms with van der Waals surface area (Å²) in [6, 6.07) is 15.4. The van der Waals surface area contributed by atoms with Gasteiger partial charge in [0.25, 0.3) is 0 Å². The van der Waals surface area contributed by atoms with Gasteiger partial charge in [-0.3, -0.25) is 14.1 Å². The minimum Gasteiger partial charge on any atom is -0.324 e. The molecule has 6 nitrogen and oxygen atoms in total. The van der Waals surface area contributed by atoms with Crippen molar-refractivity contribution in [3.63, 3.8) is 0 Å². The molecule has 3 rings (SSSR count). The Hall–Kier alpha value is -2.90. The molecule has 0 saturated carbocycles. The molecule has 8 heteroatoms. The van der Waals surface area contributed by atoms with E-state index in [-0.39, 0.29) is 0 Å². The first kappa shape index (κ1) is 22.8. The highest BCUT2D eigenvalue weighted by Crippen LogP contribution is 2.28. The predicted molar refractivity (Wildman–Crippen MR) is 125 cm³/mol. The Morgan fingerprint density at radius 2 is 1.68 bits per heavy atom. The summed E-state index contributed by atoms with van der Waals surface area (Å²) in [5.74, 6) is -0.438. The number of rotatable bonds is 7. The number of nitrogens with zero attached hydrogens (tertiary/aromatic N) is 2. The number of amides is 1. The van der Waals surface area contributed by atoms with E-state index in [9.17, 15) is 13.2 Å². The molecule has 0 aliphatic carbocycles. The van der Waals surface area contributed by atoms with E-state index < -0.39 is 22.0 Å². The average Bonchev–Trinajstić information content (AvgIpc) is 2.72. The molecule has 0 fully saturated rings. The van der Waals surface area contributed by atoms with Gasteiger partial charge in [-0.05, 0) is 73.4 Å². The Balaban J connectivity index is 1.77. The van der Waals surface area contributed by atoms with Gasteiger partial charge < -0.3 is 5.32 Å². The molecule has 1 aromatic heterocycles. The summed E-state index contributed by atoms with van der Waals surface area (Å²) in [6.07, 6.45) is 5.33. The topological polar surface area (TPSA) is 79.4 Å². The molecule has 31 heavy (non-hydrogen) atoms. The van der Waals surface area contributed by atoms with Crippen molar-refractivity contribution < 1.29 is 13.2 Å². The van der Waals surface area contributed by atoms with E-state index in [0.29, 0.717) is 22.0 Å². The van der Waals surface area contributed by atoms with Gasteiger partial charge >= 0.3 is 0 Å². The fourth-order valence-corrected chi connectivity index (χ4v) is 4.68. The fraction of sp³-hybridized carbons (Fsp3) is 0.217. The number of aromatic nitrogens is 1. The maximum Gasteiger partial charge on any atom is 0.247 e. The highest BCUT2D eigenvalue weighted by molar-refractivity contribution is 7.92. The number of hydrogen-bond donors (Lipinski definition) is 1. The van der Waals surface area contributed by atoms with Gasteiger partial charge in [0, 0.05) is 23.1 Å². The van der Waals surface area contributed by atoms with Crippen LogP contribution in [0.3, 0.4) is 0 Å². The molecule has 2 aromatic carbocycles. The van der Waals surface area contributed by atoms with Crippen molar-refractivity contribution in [2.45, 2.75) is 26.3 Å². The average molecular weight is 458 g/mol. The molecule has 1 amide bonds. The number of benzene rings is 2. The van der Waals surface area contributed by atoms with Crippen molar-refractivity contribution in [2.75, 3.05) is 15.9 Å². The van der Waals surface area contributed by atoms with Crippen LogP contribution in [0.15, 0.2) is 67.0 Å². The number of sulfonamides is 1. The molecule has 1 atom stereocenters. The first-order valence-electron chi connectivity index (χ1n) is 9.69. The normalized spacial score (nSPS) is 12.3. The monoisotopic (exact) mass is 457 g/mol. The summed E-state index contributed by atoms with van der Waals surface area (Å²) in [5.41, 5.74) is 3.90. The van der Waals surface area contributed by atoms with E-state index in [4.69, 9.17) is 11.6 Å². The summed E-state index contributed by atoms with van der Waals surface area (Å²) in [4.78, 5) is 16.9. The first-order valence-corrected chi connectivity index (χ1v) is 11.9. The fourth-order valence-electron chi connectivity index (χ4n) is 3.29. The third kappa shape index (κ3) is 5.83. The summed E-state index contributed by atoms with van der Waals surface area (Å²) in [6.45, 7) is 3.32. The minimum absolute atomic E-state index is 0.380. The van der Waals surface area contributed by atoms with Crippen LogP contribution < -0.4 is 9.62 Å². The van der Waals surface area contributed by atoms with Gasteiger partial charge in [-0.15, -0.1) is 0 Å². The zero-order valence-electron chi connectivity index (χ0n) is 17.5. The van der Waals surface area contributed by atoms with Crippen LogP contribution in [0.1, 0.15) is 23.6 Å². The van der Waals surface area contributed by atoms with E-state index in [2.05, 4.69) is 10.3 Å². The van der Waals surface area contributed by atoms with Gasteiger partial charge in [-0.2, -0.15) is 0 Å². The van der Waals surface area contributed by atoms with Crippen LogP contribution in [0.25, 0.3) is 0 Å². The van der Waals surface area contributed by atoms with Crippen LogP contribution in [-0.4, -0.2) is 31.6 Å². The standard InChI is InChI=1S/C23H24ClN3O3S/c1-16-4-7-20(24)15-22(16)27(31(3,29)30)17(2)23(28)26-21-8-5-18(6-9-21)14-19-10-12-25-13-11-19/h4-13,15,17H,14H2,1-3H3,(H,26,28)/t17-/m1/s1. The highest BCUT2D eigenvalue weighted by Gasteiger charge is 2.30. The predicted octanol–water partition coefficient (Wildman–Crippen LogP) is 4.43. The van der Waals surface area contributed by atoms with Crippen molar-refractivity contribution in [3.05, 3.63) is 88.7 Å². The number of pyridine rings is 1. The lowest BCUT2D eigenvalue weighted by Gasteiger charge is -2.29. The molecule has 0 saturated heterocycles. The molecule has 1 heterocycles. The molecular formula is C23H24ClN3O3S. The lowest BCUT2D eigenvalue weighted by Crippen LogP contribution is -2.45. The SMILES string of the molecule is Cc1ccc(Cl)cc1N([C@H](C)C(=O)Nc1ccc(Cc2ccncc2)cc1)S(C)(=O)=O. The largest absolute Gasteiger partial charge is 0.324 e. The Labute approximate surface area is 187 Å². The Morgan fingerprint density at radius 1 is 1.06 bits per heavy atom. The summed E-state index contributed by atoms with van der Waals surface area (Å²) in [5, 5.41) is 3.20. The number of aryl methyl sites for hydroxylation is 1. The number of halogens is 1. The van der Waals surface area contributed by atoms with E-state index in [0.717, 1.165) is 28.1 Å². The van der Waals surface area contributed by atoms with Gasteiger partial charge in [0.1, 0.15) is 6.04 Å². The van der Waals surface area contributed by atoms with Crippen LogP contribution in [0.5, 0.6) is 0 Å². The number of nitrogens with one attached hydrogen (secondary N) is 1. The second-order valence-electron chi connectivity index (χ2n) is 7.38. The van der Waals surface area contributed by atoms with Crippen molar-refractivity contribution >= 4 is 38.9 Å². The smallest absolute Gasteiger partial charge is 0.247 e. The van der Waals surface area contributed by atoms with Crippen LogP contribution in [0, 0.1) is 6.92 Å². The maximum atomic E-state index is 12.9. The molecule has 0 aliphatic rings. The number of carbonyl (C=O) groups is 1. The minimum atomic E-state index is -3.73. The van der Waals surface area contributed by atoms with Gasteiger partial charge in [0.2, 0.25) is 15.9 Å². The molecule has 0 spiro atoms. The summed E-state index contributed by atoms with van der Waals surface area (Å²) in [7, 11) is -3.73. The lowest BCUT2D eigenvalue weighted by molar-refractivity contribution is -0.116. The molecule has 0 radical (unpaired) electrons. The summed E-state index contributed by atoms with van der Waals surface area (Å²) >= 11 is 6.07. The molecule has 0 unspecified atom stereocenters. The third-order valence-corrected chi connectivity index (χ3v) is 6.34. The maximum absolute atomic E-state index is 12.9. The number of anilines is 2. The van der Waals surface area contributed by atoms with Crippen molar-refractivity contribution in [1.29, 1.82) is 0 Å². The number of hydrogen-bond acceptors (Lipinski definition) is 4. The van der Waals surface area contributed by atoms with Crippen molar-refractivity contribution in [2.24, 2.45) is 0 Å². The zero-order valence-corrected chi connectivity index (χ0v) is 19.1. The van der Waals surface area contributed by atoms with E-state index in [1.165, 1.54) is 0 Å². The van der Waals surface area contributed by atoms with E-state index in [1.54, 1.807) is 56.6 Å². The van der Waals surface area contributed by atoms with Crippen molar-refractivity contribution in [1.82, 2.24) is 4.98 Å². The second-order valence-corrected chi connectivity index (χ2v) is 9.68. The summed E-state index contributed by atoms with van der Waals surface area (Å²) < 4.78 is 26.1. The molecule has 0 aliphatic heterocycles. The van der Waals surface area contributed by atoms with E-state index >= 15 is 0 Å². The van der Waals surface area contributed by atoms with Crippen LogP contribution >= 0.6 is 11.6 Å². The van der Waals surface area contributed by atoms with Crippen molar-refractivity contribution in [3.8, 4) is 0 Å². The third-order valence-electron chi connectivity index (χ3n) is 4.88. The second kappa shape index (κ2) is 9.49. The van der Waals surface area contributed by atoms with Gasteiger partial charge in [-0.1, -0.05) is 29.8 Å². The van der Waals surface area contributed by atoms with E-state index in [1.807, 2.05) is 24.3 Å². The first-order chi connectivity index (χ1) is 14.6. The van der Waals surface area contributed by atoms with Crippen LogP contribution in [-0.2, 0) is 21.2 Å². The van der Waals surface area contributed by atoms with Gasteiger partial charge in [0.05, 0.1) is 11.9 Å². The molecule has 3 aromatic rings. The number of carbonyl (C=O) groups excluding carboxylic acids is 1. The Morgan fingerprint density at radius 3 is 2.29 bits per heavy atom. The van der Waals surface area contributed by atoms with Gasteiger partial charge in [-0.25, -0.2) is 8.42 Å². The highest BCUT2D eigenvalue weighted by atomic mass is 35.5. The molecule has 0 bridgehead atoms. The Bertz CT molecular complexity index is 1170. The molecule has 162 valence electrons. The Kier molecular flexibility index (Phi) is 6.97. The lowest BCUT2D eigenvalue weighted by atomic mass is 10.1. The van der Waals surface area contributed by atoms with Crippen LogP contribution in [0.2, 0.25) is 5.02 Å². The van der Waals surface area contributed by atoms with Crippen LogP contribution in [0.4, 0.5) is 11.4 Å². The quantitative estimate of drug-likeness (QED) is 0.569. The molecule has 1 N–H and O–H groups in total.